The van der Waals surface area contributed by atoms with Crippen molar-refractivity contribution in [2.24, 2.45) is 5.92 Å². The number of unbranched alkanes of at least 4 members (excludes halogenated alkanes) is 3. The first-order chi connectivity index (χ1) is 17.0. The van der Waals surface area contributed by atoms with E-state index in [1.165, 1.54) is 20.0 Å². The molecule has 6 heteroatoms. The summed E-state index contributed by atoms with van der Waals surface area (Å²) in [6.07, 6.45) is 5.51. The molecule has 0 aromatic heterocycles. The van der Waals surface area contributed by atoms with Crippen LogP contribution in [-0.4, -0.2) is 38.0 Å². The number of hydrogen-bond donors (Lipinski definition) is 1. The van der Waals surface area contributed by atoms with E-state index in [9.17, 15) is 14.4 Å². The van der Waals surface area contributed by atoms with Gasteiger partial charge in [-0.25, -0.2) is 0 Å². The van der Waals surface area contributed by atoms with Crippen LogP contribution < -0.4 is 5.32 Å². The Labute approximate surface area is 209 Å². The first kappa shape index (κ1) is 28.2. The SMILES string of the molecule is CCCCCCC(=O)CNCc1cccc(-c2ccc(CC(CC(=O)OCC)C(=O)OC)cc2)c1. The number of ether oxygens (including phenoxy) is 2. The van der Waals surface area contributed by atoms with Crippen LogP contribution in [0.4, 0.5) is 0 Å². The number of rotatable bonds is 16. The highest BCUT2D eigenvalue weighted by Crippen LogP contribution is 2.23. The zero-order chi connectivity index (χ0) is 25.5. The van der Waals surface area contributed by atoms with Crippen LogP contribution in [-0.2, 0) is 36.8 Å². The molecule has 2 aromatic carbocycles. The van der Waals surface area contributed by atoms with E-state index < -0.39 is 17.9 Å². The van der Waals surface area contributed by atoms with E-state index in [1.54, 1.807) is 6.92 Å². The van der Waals surface area contributed by atoms with Crippen molar-refractivity contribution in [3.63, 3.8) is 0 Å². The molecule has 2 rings (SSSR count). The van der Waals surface area contributed by atoms with Crippen molar-refractivity contribution in [2.45, 2.75) is 65.3 Å². The topological polar surface area (TPSA) is 81.7 Å². The van der Waals surface area contributed by atoms with E-state index in [2.05, 4.69) is 24.4 Å². The van der Waals surface area contributed by atoms with Gasteiger partial charge in [0.15, 0.2) is 0 Å². The van der Waals surface area contributed by atoms with Crippen LogP contribution in [0.2, 0.25) is 0 Å². The highest BCUT2D eigenvalue weighted by Gasteiger charge is 2.24. The molecular weight excluding hydrogens is 442 g/mol. The van der Waals surface area contributed by atoms with E-state index in [4.69, 9.17) is 9.47 Å². The third-order valence-corrected chi connectivity index (χ3v) is 5.91. The molecule has 0 fully saturated rings. The second kappa shape index (κ2) is 15.8. The number of benzene rings is 2. The Balaban J connectivity index is 1.93. The molecule has 0 spiro atoms. The maximum Gasteiger partial charge on any atom is 0.309 e. The van der Waals surface area contributed by atoms with Gasteiger partial charge in [0.1, 0.15) is 5.78 Å². The van der Waals surface area contributed by atoms with Crippen molar-refractivity contribution in [1.29, 1.82) is 0 Å². The van der Waals surface area contributed by atoms with Gasteiger partial charge in [-0.05, 0) is 48.1 Å². The van der Waals surface area contributed by atoms with Gasteiger partial charge in [-0.2, -0.15) is 0 Å². The molecule has 2 aromatic rings. The van der Waals surface area contributed by atoms with E-state index in [0.717, 1.165) is 35.1 Å². The Morgan fingerprint density at radius 3 is 2.37 bits per heavy atom. The first-order valence-electron chi connectivity index (χ1n) is 12.6. The number of carbonyl (C=O) groups is 3. The molecule has 0 aliphatic heterocycles. The second-order valence-corrected chi connectivity index (χ2v) is 8.78. The van der Waals surface area contributed by atoms with E-state index in [0.29, 0.717) is 25.9 Å². The fraction of sp³-hybridized carbons (Fsp3) is 0.483. The van der Waals surface area contributed by atoms with Gasteiger partial charge in [0.25, 0.3) is 0 Å². The standard InChI is InChI=1S/C29H39NO5/c1-4-6-7-8-12-27(31)21-30-20-23-10-9-11-25(18-23)24-15-13-22(14-16-24)17-26(29(33)34-3)19-28(32)35-5-2/h9-11,13-16,18,26,30H,4-8,12,17,19-21H2,1-3H3. The smallest absolute Gasteiger partial charge is 0.309 e. The van der Waals surface area contributed by atoms with Gasteiger partial charge in [0, 0.05) is 13.0 Å². The zero-order valence-corrected chi connectivity index (χ0v) is 21.3. The van der Waals surface area contributed by atoms with Crippen molar-refractivity contribution in [1.82, 2.24) is 5.32 Å². The summed E-state index contributed by atoms with van der Waals surface area (Å²) < 4.78 is 9.86. The summed E-state index contributed by atoms with van der Waals surface area (Å²) >= 11 is 0. The van der Waals surface area contributed by atoms with Crippen molar-refractivity contribution in [2.75, 3.05) is 20.3 Å². The van der Waals surface area contributed by atoms with Gasteiger partial charge in [-0.3, -0.25) is 14.4 Å². The third-order valence-electron chi connectivity index (χ3n) is 5.91. The van der Waals surface area contributed by atoms with Crippen molar-refractivity contribution < 1.29 is 23.9 Å². The number of nitrogens with one attached hydrogen (secondary N) is 1. The molecule has 0 aliphatic carbocycles. The summed E-state index contributed by atoms with van der Waals surface area (Å²) in [5.74, 6) is -1.13. The lowest BCUT2D eigenvalue weighted by molar-refractivity contribution is -0.153. The molecule has 1 N–H and O–H groups in total. The second-order valence-electron chi connectivity index (χ2n) is 8.78. The van der Waals surface area contributed by atoms with Crippen molar-refractivity contribution in [3.05, 3.63) is 59.7 Å². The largest absolute Gasteiger partial charge is 0.469 e. The average molecular weight is 482 g/mol. The lowest BCUT2D eigenvalue weighted by Gasteiger charge is -2.14. The predicted octanol–water partition coefficient (Wildman–Crippen LogP) is 5.27. The lowest BCUT2D eigenvalue weighted by atomic mass is 9.94. The van der Waals surface area contributed by atoms with E-state index in [1.807, 2.05) is 36.4 Å². The van der Waals surface area contributed by atoms with Crippen LogP contribution in [0, 0.1) is 5.92 Å². The Bertz CT molecular complexity index is 938. The summed E-state index contributed by atoms with van der Waals surface area (Å²) in [5, 5.41) is 3.26. The molecule has 0 bridgehead atoms. The van der Waals surface area contributed by atoms with Gasteiger partial charge in [0.2, 0.25) is 0 Å². The van der Waals surface area contributed by atoms with Crippen LogP contribution in [0.5, 0.6) is 0 Å². The minimum atomic E-state index is -0.575. The van der Waals surface area contributed by atoms with Crippen molar-refractivity contribution in [3.8, 4) is 11.1 Å². The fourth-order valence-corrected chi connectivity index (χ4v) is 3.99. The Kier molecular flexibility index (Phi) is 12.8. The van der Waals surface area contributed by atoms with Gasteiger partial charge in [-0.1, -0.05) is 68.7 Å². The minimum Gasteiger partial charge on any atom is -0.469 e. The zero-order valence-electron chi connectivity index (χ0n) is 21.3. The quantitative estimate of drug-likeness (QED) is 0.260. The van der Waals surface area contributed by atoms with E-state index in [-0.39, 0.29) is 18.8 Å². The molecule has 0 saturated heterocycles. The lowest BCUT2D eigenvalue weighted by Crippen LogP contribution is -2.23. The summed E-state index contributed by atoms with van der Waals surface area (Å²) in [6.45, 7) is 5.23. The van der Waals surface area contributed by atoms with Crippen LogP contribution in [0.25, 0.3) is 11.1 Å². The summed E-state index contributed by atoms with van der Waals surface area (Å²) in [5.41, 5.74) is 4.20. The number of ketones is 1. The number of methoxy groups -OCH3 is 1. The summed E-state index contributed by atoms with van der Waals surface area (Å²) in [7, 11) is 1.33. The molecule has 6 nitrogen and oxygen atoms in total. The van der Waals surface area contributed by atoms with Crippen LogP contribution in [0.3, 0.4) is 0 Å². The molecule has 0 amide bonds. The Morgan fingerprint density at radius 1 is 0.914 bits per heavy atom. The number of Topliss-reactive ketones (excluding diaryl/α,β-unsaturated/α-hetero) is 1. The highest BCUT2D eigenvalue weighted by atomic mass is 16.5. The summed E-state index contributed by atoms with van der Waals surface area (Å²) in [4.78, 5) is 36.0. The molecule has 0 heterocycles. The first-order valence-corrected chi connectivity index (χ1v) is 12.6. The van der Waals surface area contributed by atoms with Crippen LogP contribution in [0.15, 0.2) is 48.5 Å². The van der Waals surface area contributed by atoms with Gasteiger partial charge in [-0.15, -0.1) is 0 Å². The summed E-state index contributed by atoms with van der Waals surface area (Å²) in [6, 6.07) is 16.2. The molecule has 1 atom stereocenters. The third kappa shape index (κ3) is 10.4. The normalized spacial score (nSPS) is 11.6. The Morgan fingerprint density at radius 2 is 1.69 bits per heavy atom. The van der Waals surface area contributed by atoms with Crippen LogP contribution >= 0.6 is 0 Å². The highest BCUT2D eigenvalue weighted by molar-refractivity contribution is 5.80. The monoisotopic (exact) mass is 481 g/mol. The average Bonchev–Trinajstić information content (AvgIpc) is 2.86. The molecular formula is C29H39NO5. The molecule has 0 radical (unpaired) electrons. The molecule has 0 saturated carbocycles. The van der Waals surface area contributed by atoms with E-state index >= 15 is 0 Å². The molecule has 35 heavy (non-hydrogen) atoms. The van der Waals surface area contributed by atoms with Crippen molar-refractivity contribution >= 4 is 17.7 Å². The fourth-order valence-electron chi connectivity index (χ4n) is 3.99. The van der Waals surface area contributed by atoms with Gasteiger partial charge >= 0.3 is 11.9 Å². The molecule has 1 unspecified atom stereocenters. The predicted molar refractivity (Wildman–Crippen MR) is 138 cm³/mol. The number of carbonyl (C=O) groups excluding carboxylic acids is 3. The minimum absolute atomic E-state index is 0.00144. The van der Waals surface area contributed by atoms with Crippen LogP contribution in [0.1, 0.15) is 63.5 Å². The number of hydrogen-bond acceptors (Lipinski definition) is 6. The van der Waals surface area contributed by atoms with Gasteiger partial charge < -0.3 is 14.8 Å². The van der Waals surface area contributed by atoms with Gasteiger partial charge in [0.05, 0.1) is 32.6 Å². The maximum atomic E-state index is 12.1. The maximum absolute atomic E-state index is 12.1. The molecule has 0 aliphatic rings. The number of esters is 2. The Hall–Kier alpha value is -2.99. The molecule has 190 valence electrons.